The van der Waals surface area contributed by atoms with Gasteiger partial charge in [-0.3, -0.25) is 9.32 Å². The molecule has 0 spiro atoms. The number of para-hydroxylation sites is 1. The van der Waals surface area contributed by atoms with Crippen LogP contribution < -0.4 is 15.0 Å². The van der Waals surface area contributed by atoms with E-state index in [1.165, 1.54) is 31.2 Å². The molecule has 2 aliphatic rings. The van der Waals surface area contributed by atoms with Gasteiger partial charge in [-0.15, -0.1) is 0 Å². The van der Waals surface area contributed by atoms with E-state index in [4.69, 9.17) is 24.0 Å². The summed E-state index contributed by atoms with van der Waals surface area (Å²) in [6.45, 7) is -0.633. The van der Waals surface area contributed by atoms with Gasteiger partial charge in [0.1, 0.15) is 29.6 Å². The number of aliphatic hydroxyl groups excluding tert-OH is 2. The zero-order valence-electron chi connectivity index (χ0n) is 23.8. The minimum absolute atomic E-state index is 0.0423. The fraction of sp³-hybridized carbons (Fsp3) is 0.571. The van der Waals surface area contributed by atoms with E-state index in [1.54, 1.807) is 19.9 Å². The normalized spacial score (nSPS) is 32.4. The Bertz CT molecular complexity index is 1190. The van der Waals surface area contributed by atoms with Crippen molar-refractivity contribution in [3.63, 3.8) is 0 Å². The third kappa shape index (κ3) is 6.59. The van der Waals surface area contributed by atoms with Crippen molar-refractivity contribution in [2.45, 2.75) is 63.9 Å². The molecule has 0 bridgehead atoms. The molecule has 14 nitrogen and oxygen atoms in total. The van der Waals surface area contributed by atoms with E-state index in [9.17, 15) is 29.5 Å². The summed E-state index contributed by atoms with van der Waals surface area (Å²) >= 11 is 0. The second-order valence-corrected chi connectivity index (χ2v) is 9.97. The quantitative estimate of drug-likeness (QED) is 0.211. The SMILES string of the molecule is [2H]C1([2H])NN([C@@H]2O[C@H](C([2H])([2H])O[P@@](=O)(N[C@@H](C)C(=O)OC(C)C)Oc3ccccc3)[C@@H](O)[C@@]2(C)O)C(=O)N=C1O. The summed E-state index contributed by atoms with van der Waals surface area (Å²) in [6, 6.07) is 4.77. The lowest BCUT2D eigenvalue weighted by molar-refractivity contribution is -0.149. The number of aliphatic hydroxyl groups is 3. The molecular weight excluding hydrogens is 499 g/mol. The van der Waals surface area contributed by atoms with Crippen LogP contribution in [0.25, 0.3) is 0 Å². The Labute approximate surface area is 213 Å². The summed E-state index contributed by atoms with van der Waals surface area (Å²) in [5.41, 5.74) is -0.526. The lowest BCUT2D eigenvalue weighted by Crippen LogP contribution is -2.61. The van der Waals surface area contributed by atoms with Gasteiger partial charge in [0.15, 0.2) is 6.23 Å². The van der Waals surface area contributed by atoms with Crippen molar-refractivity contribution < 1.29 is 53.5 Å². The predicted octanol–water partition coefficient (Wildman–Crippen LogP) is 0.853. The smallest absolute Gasteiger partial charge is 0.459 e. The summed E-state index contributed by atoms with van der Waals surface area (Å²) in [7, 11) is -4.84. The van der Waals surface area contributed by atoms with Gasteiger partial charge >= 0.3 is 19.7 Å². The molecule has 200 valence electrons. The van der Waals surface area contributed by atoms with Crippen molar-refractivity contribution >= 4 is 25.6 Å². The first-order chi connectivity index (χ1) is 18.3. The molecular formula is C21H31N4O10P. The van der Waals surface area contributed by atoms with Gasteiger partial charge in [-0.25, -0.2) is 19.8 Å². The number of ether oxygens (including phenoxy) is 2. The third-order valence-corrected chi connectivity index (χ3v) is 6.41. The fourth-order valence-electron chi connectivity index (χ4n) is 3.14. The third-order valence-electron chi connectivity index (χ3n) is 4.91. The predicted molar refractivity (Wildman–Crippen MR) is 125 cm³/mol. The first-order valence-electron chi connectivity index (χ1n) is 12.8. The van der Waals surface area contributed by atoms with Gasteiger partial charge in [-0.05, 0) is 39.8 Å². The van der Waals surface area contributed by atoms with Crippen LogP contribution in [0.15, 0.2) is 35.3 Å². The van der Waals surface area contributed by atoms with E-state index >= 15 is 0 Å². The number of rotatable bonds is 10. The summed E-state index contributed by atoms with van der Waals surface area (Å²) in [4.78, 5) is 27.8. The van der Waals surface area contributed by atoms with Crippen molar-refractivity contribution in [2.75, 3.05) is 13.1 Å². The molecule has 0 saturated carbocycles. The number of nitrogens with one attached hydrogen (secondary N) is 2. The molecule has 0 radical (unpaired) electrons. The van der Waals surface area contributed by atoms with Crippen LogP contribution in [0.1, 0.15) is 33.2 Å². The number of hydrogen-bond acceptors (Lipinski definition) is 10. The van der Waals surface area contributed by atoms with Crippen molar-refractivity contribution in [2.24, 2.45) is 4.99 Å². The molecule has 5 N–H and O–H groups in total. The van der Waals surface area contributed by atoms with Crippen molar-refractivity contribution in [3.8, 4) is 5.75 Å². The average Bonchev–Trinajstić information content (AvgIpc) is 3.05. The molecule has 6 atom stereocenters. The minimum atomic E-state index is -4.84. The number of amides is 2. The highest BCUT2D eigenvalue weighted by Gasteiger charge is 2.56. The van der Waals surface area contributed by atoms with Gasteiger partial charge in [-0.1, -0.05) is 18.2 Å². The number of carbonyl (C=O) groups excluding carboxylic acids is 2. The number of esters is 1. The van der Waals surface area contributed by atoms with Gasteiger partial charge in [0.2, 0.25) is 5.90 Å². The Hall–Kier alpha value is -2.58. The minimum Gasteiger partial charge on any atom is -0.495 e. The van der Waals surface area contributed by atoms with E-state index < -0.39 is 74.9 Å². The number of urea groups is 1. The molecule has 0 unspecified atom stereocenters. The largest absolute Gasteiger partial charge is 0.495 e. The van der Waals surface area contributed by atoms with E-state index in [1.807, 2.05) is 5.43 Å². The zero-order valence-corrected chi connectivity index (χ0v) is 20.7. The van der Waals surface area contributed by atoms with Crippen LogP contribution in [-0.4, -0.2) is 87.5 Å². The van der Waals surface area contributed by atoms with Crippen LogP contribution in [-0.2, 0) is 23.4 Å². The second kappa shape index (κ2) is 11.2. The Morgan fingerprint density at radius 1 is 1.44 bits per heavy atom. The Morgan fingerprint density at radius 3 is 2.75 bits per heavy atom. The first kappa shape index (κ1) is 22.6. The average molecular weight is 534 g/mol. The number of hydrazine groups is 1. The number of carbonyl (C=O) groups is 2. The molecule has 15 heteroatoms. The molecule has 0 aromatic heterocycles. The standard InChI is InChI=1S/C21H31N4O10P/c1-12(2)33-18(28)13(3)24-36(31,35-14-8-6-5-7-9-14)32-11-15-17(27)21(4,30)19(34-15)25-20(29)23-16(26)10-22-25/h5-9,12-13,15,17,19,22,27,30H,10-11H2,1-4H3,(H,24,31)(H,23,26,29)/t13-,15+,17+,19+,21+,36-/m0/s1/i10D2,11D2. The topological polar surface area (TPSA) is 188 Å². The lowest BCUT2D eigenvalue weighted by Gasteiger charge is -2.35. The van der Waals surface area contributed by atoms with Crippen molar-refractivity contribution in [1.82, 2.24) is 15.5 Å². The van der Waals surface area contributed by atoms with Crippen LogP contribution in [0, 0.1) is 0 Å². The van der Waals surface area contributed by atoms with Crippen LogP contribution in [0.2, 0.25) is 0 Å². The van der Waals surface area contributed by atoms with Crippen LogP contribution in [0.3, 0.4) is 0 Å². The molecule has 1 fully saturated rings. The molecule has 0 aliphatic carbocycles. The highest BCUT2D eigenvalue weighted by Crippen LogP contribution is 2.46. The van der Waals surface area contributed by atoms with Gasteiger partial charge < -0.3 is 29.3 Å². The zero-order chi connectivity index (χ0) is 30.3. The molecule has 3 rings (SSSR count). The van der Waals surface area contributed by atoms with E-state index in [2.05, 4.69) is 10.1 Å². The molecule has 1 saturated heterocycles. The highest BCUT2D eigenvalue weighted by atomic mass is 31.2. The maximum atomic E-state index is 13.8. The second-order valence-electron chi connectivity index (χ2n) is 8.35. The summed E-state index contributed by atoms with van der Waals surface area (Å²) in [5.74, 6) is -2.11. The number of hydrogen-bond donors (Lipinski definition) is 5. The Morgan fingerprint density at radius 2 is 2.11 bits per heavy atom. The van der Waals surface area contributed by atoms with Gasteiger partial charge in [0.25, 0.3) is 0 Å². The lowest BCUT2D eigenvalue weighted by atomic mass is 9.96. The molecule has 2 amide bonds. The number of nitrogens with zero attached hydrogens (tertiary/aromatic N) is 2. The van der Waals surface area contributed by atoms with Gasteiger partial charge in [0.05, 0.1) is 24.6 Å². The molecule has 2 aliphatic heterocycles. The van der Waals surface area contributed by atoms with E-state index in [0.717, 1.165) is 6.92 Å². The fourth-order valence-corrected chi connectivity index (χ4v) is 4.51. The van der Waals surface area contributed by atoms with Gasteiger partial charge in [0, 0.05) is 0 Å². The molecule has 36 heavy (non-hydrogen) atoms. The number of aliphatic imine (C=N–C) groups is 1. The summed E-state index contributed by atoms with van der Waals surface area (Å²) in [6.07, 6.45) is -6.84. The molecule has 1 aromatic rings. The first-order valence-corrected chi connectivity index (χ1v) is 12.3. The maximum absolute atomic E-state index is 13.8. The van der Waals surface area contributed by atoms with E-state index in [-0.39, 0.29) is 5.75 Å². The highest BCUT2D eigenvalue weighted by molar-refractivity contribution is 7.52. The summed E-state index contributed by atoms with van der Waals surface area (Å²) < 4.78 is 67.3. The maximum Gasteiger partial charge on any atom is 0.459 e. The van der Waals surface area contributed by atoms with Crippen LogP contribution >= 0.6 is 7.75 Å². The Kier molecular flexibility index (Phi) is 7.04. The number of benzene rings is 1. The monoisotopic (exact) mass is 534 g/mol. The van der Waals surface area contributed by atoms with Crippen LogP contribution in [0.4, 0.5) is 4.79 Å². The molecule has 1 aromatic carbocycles. The van der Waals surface area contributed by atoms with Crippen molar-refractivity contribution in [3.05, 3.63) is 30.3 Å². The van der Waals surface area contributed by atoms with Crippen LogP contribution in [0.5, 0.6) is 5.75 Å². The van der Waals surface area contributed by atoms with Gasteiger partial charge in [-0.2, -0.15) is 10.1 Å². The van der Waals surface area contributed by atoms with E-state index in [0.29, 0.717) is 5.01 Å². The summed E-state index contributed by atoms with van der Waals surface area (Å²) in [5, 5.41) is 34.0. The van der Waals surface area contributed by atoms with Crippen molar-refractivity contribution in [1.29, 1.82) is 0 Å². The molecule has 2 heterocycles. The Balaban J connectivity index is 1.90.